The van der Waals surface area contributed by atoms with E-state index in [-0.39, 0.29) is 6.61 Å². The van der Waals surface area contributed by atoms with E-state index in [0.29, 0.717) is 64.4 Å². The van der Waals surface area contributed by atoms with Crippen LogP contribution in [-0.4, -0.2) is 72.2 Å². The van der Waals surface area contributed by atoms with Crippen LogP contribution in [0, 0.1) is 0 Å². The highest BCUT2D eigenvalue weighted by Gasteiger charge is 2.09. The van der Waals surface area contributed by atoms with E-state index in [1.54, 1.807) is 14.2 Å². The highest BCUT2D eigenvalue weighted by Crippen LogP contribution is 2.35. The van der Waals surface area contributed by atoms with Gasteiger partial charge in [-0.3, -0.25) is 0 Å². The summed E-state index contributed by atoms with van der Waals surface area (Å²) in [6.07, 6.45) is 0. The smallest absolute Gasteiger partial charge is 0.137 e. The fraction of sp³-hybridized carbons (Fsp3) is 0.647. The van der Waals surface area contributed by atoms with E-state index in [0.717, 1.165) is 10.0 Å². The Morgan fingerprint density at radius 2 is 1.20 bits per heavy atom. The van der Waals surface area contributed by atoms with Gasteiger partial charge in [0.2, 0.25) is 0 Å². The maximum atomic E-state index is 8.53. The number of halogens is 1. The molecule has 25 heavy (non-hydrogen) atoms. The molecule has 0 fully saturated rings. The van der Waals surface area contributed by atoms with Gasteiger partial charge in [-0.15, -0.1) is 0 Å². The van der Waals surface area contributed by atoms with Crippen LogP contribution in [0.5, 0.6) is 11.5 Å². The summed E-state index contributed by atoms with van der Waals surface area (Å²) < 4.78 is 32.8. The molecule has 0 aliphatic rings. The Labute approximate surface area is 157 Å². The average Bonchev–Trinajstić information content (AvgIpc) is 2.63. The molecule has 1 N–H and O–H groups in total. The molecule has 8 heteroatoms. The molecule has 1 aromatic carbocycles. The van der Waals surface area contributed by atoms with Gasteiger partial charge in [0.25, 0.3) is 0 Å². The monoisotopic (exact) mass is 422 g/mol. The summed E-state index contributed by atoms with van der Waals surface area (Å²) in [6.45, 7) is 3.78. The third kappa shape index (κ3) is 9.39. The zero-order valence-corrected chi connectivity index (χ0v) is 16.4. The molecule has 0 amide bonds. The van der Waals surface area contributed by atoms with Crippen molar-refractivity contribution in [1.82, 2.24) is 0 Å². The van der Waals surface area contributed by atoms with Crippen LogP contribution in [0.3, 0.4) is 0 Å². The van der Waals surface area contributed by atoms with Crippen molar-refractivity contribution < 1.29 is 33.5 Å². The Morgan fingerprint density at radius 1 is 0.760 bits per heavy atom. The van der Waals surface area contributed by atoms with E-state index in [9.17, 15) is 0 Å². The van der Waals surface area contributed by atoms with E-state index in [4.69, 9.17) is 33.5 Å². The van der Waals surface area contributed by atoms with Gasteiger partial charge in [0.05, 0.1) is 73.7 Å². The van der Waals surface area contributed by atoms with E-state index < -0.39 is 0 Å². The van der Waals surface area contributed by atoms with Crippen LogP contribution in [0.1, 0.15) is 5.56 Å². The molecule has 0 atom stereocenters. The molecule has 0 spiro atoms. The van der Waals surface area contributed by atoms with Crippen LogP contribution in [0.2, 0.25) is 0 Å². The minimum absolute atomic E-state index is 0.0307. The lowest BCUT2D eigenvalue weighted by Crippen LogP contribution is -2.12. The second kappa shape index (κ2) is 14.3. The van der Waals surface area contributed by atoms with Gasteiger partial charge in [-0.25, -0.2) is 0 Å². The minimum atomic E-state index is 0.0307. The van der Waals surface area contributed by atoms with Crippen molar-refractivity contribution in [2.45, 2.75) is 6.61 Å². The summed E-state index contributed by atoms with van der Waals surface area (Å²) in [6, 6.07) is 3.81. The quantitative estimate of drug-likeness (QED) is 0.433. The van der Waals surface area contributed by atoms with Crippen LogP contribution in [0.15, 0.2) is 16.6 Å². The standard InChI is InChI=1S/C17H27BrO7/c1-20-15-11-14(12-16(21-2)17(15)18)13-25-10-9-24-8-7-23-6-5-22-4-3-19/h11-12,19H,3-10,13H2,1-2H3. The molecule has 1 rings (SSSR count). The molecule has 0 aliphatic heterocycles. The van der Waals surface area contributed by atoms with Gasteiger partial charge in [0.15, 0.2) is 0 Å². The van der Waals surface area contributed by atoms with E-state index in [1.165, 1.54) is 0 Å². The van der Waals surface area contributed by atoms with Crippen molar-refractivity contribution >= 4 is 15.9 Å². The van der Waals surface area contributed by atoms with Crippen molar-refractivity contribution in [3.8, 4) is 11.5 Å². The van der Waals surface area contributed by atoms with Crippen LogP contribution in [0.4, 0.5) is 0 Å². The number of hydrogen-bond acceptors (Lipinski definition) is 7. The summed E-state index contributed by atoms with van der Waals surface area (Å²) in [5, 5.41) is 8.53. The Kier molecular flexibility index (Phi) is 12.7. The SMILES string of the molecule is COc1cc(COCCOCCOCCOCCO)cc(OC)c1Br. The van der Waals surface area contributed by atoms with Crippen molar-refractivity contribution in [3.05, 3.63) is 22.2 Å². The molecule has 144 valence electrons. The van der Waals surface area contributed by atoms with Gasteiger partial charge < -0.3 is 33.5 Å². The summed E-state index contributed by atoms with van der Waals surface area (Å²) in [4.78, 5) is 0. The largest absolute Gasteiger partial charge is 0.495 e. The van der Waals surface area contributed by atoms with Gasteiger partial charge >= 0.3 is 0 Å². The lowest BCUT2D eigenvalue weighted by Gasteiger charge is -2.12. The summed E-state index contributed by atoms with van der Waals surface area (Å²) in [5.74, 6) is 1.41. The number of ether oxygens (including phenoxy) is 6. The highest BCUT2D eigenvalue weighted by atomic mass is 79.9. The molecular weight excluding hydrogens is 396 g/mol. The molecule has 0 heterocycles. The van der Waals surface area contributed by atoms with Gasteiger partial charge in [-0.1, -0.05) is 0 Å². The topological polar surface area (TPSA) is 75.6 Å². The van der Waals surface area contributed by atoms with Gasteiger partial charge in [-0.05, 0) is 33.6 Å². The zero-order valence-electron chi connectivity index (χ0n) is 14.8. The fourth-order valence-electron chi connectivity index (χ4n) is 1.92. The Morgan fingerprint density at radius 3 is 1.64 bits per heavy atom. The second-order valence-corrected chi connectivity index (χ2v) is 5.72. The molecule has 7 nitrogen and oxygen atoms in total. The third-order valence-corrected chi connectivity index (χ3v) is 3.91. The number of rotatable bonds is 15. The van der Waals surface area contributed by atoms with Crippen LogP contribution < -0.4 is 9.47 Å². The molecule has 0 saturated heterocycles. The molecule has 0 aromatic heterocycles. The molecule has 0 bridgehead atoms. The van der Waals surface area contributed by atoms with Crippen LogP contribution in [-0.2, 0) is 25.6 Å². The molecule has 0 saturated carbocycles. The molecule has 0 unspecified atom stereocenters. The highest BCUT2D eigenvalue weighted by molar-refractivity contribution is 9.10. The first kappa shape index (κ1) is 22.1. The Bertz CT molecular complexity index is 445. The third-order valence-electron chi connectivity index (χ3n) is 3.13. The predicted octanol–water partition coefficient (Wildman–Crippen LogP) is 2.02. The van der Waals surface area contributed by atoms with E-state index >= 15 is 0 Å². The van der Waals surface area contributed by atoms with Crippen molar-refractivity contribution in [2.75, 3.05) is 67.1 Å². The van der Waals surface area contributed by atoms with Crippen molar-refractivity contribution in [2.24, 2.45) is 0 Å². The molecule has 0 aliphatic carbocycles. The Hall–Kier alpha value is -0.900. The number of benzene rings is 1. The number of hydrogen-bond donors (Lipinski definition) is 1. The van der Waals surface area contributed by atoms with Crippen molar-refractivity contribution in [1.29, 1.82) is 0 Å². The first-order valence-electron chi connectivity index (χ1n) is 8.05. The average molecular weight is 423 g/mol. The molecular formula is C17H27BrO7. The Balaban J connectivity index is 2.08. The van der Waals surface area contributed by atoms with E-state index in [1.807, 2.05) is 12.1 Å². The molecule has 1 aromatic rings. The summed E-state index contributed by atoms with van der Waals surface area (Å²) in [7, 11) is 3.22. The van der Waals surface area contributed by atoms with Crippen LogP contribution >= 0.6 is 15.9 Å². The van der Waals surface area contributed by atoms with Gasteiger partial charge in [-0.2, -0.15) is 0 Å². The summed E-state index contributed by atoms with van der Waals surface area (Å²) in [5.41, 5.74) is 0.961. The number of aliphatic hydroxyl groups excluding tert-OH is 1. The van der Waals surface area contributed by atoms with Crippen molar-refractivity contribution in [3.63, 3.8) is 0 Å². The molecule has 0 radical (unpaired) electrons. The summed E-state index contributed by atoms with van der Waals surface area (Å²) >= 11 is 3.43. The van der Waals surface area contributed by atoms with Gasteiger partial charge in [0.1, 0.15) is 16.0 Å². The van der Waals surface area contributed by atoms with Gasteiger partial charge in [0, 0.05) is 0 Å². The minimum Gasteiger partial charge on any atom is -0.495 e. The fourth-order valence-corrected chi connectivity index (χ4v) is 2.47. The van der Waals surface area contributed by atoms with Crippen LogP contribution in [0.25, 0.3) is 0 Å². The predicted molar refractivity (Wildman–Crippen MR) is 96.4 cm³/mol. The zero-order chi connectivity index (χ0) is 18.3. The van der Waals surface area contributed by atoms with E-state index in [2.05, 4.69) is 15.9 Å². The normalized spacial score (nSPS) is 10.9. The second-order valence-electron chi connectivity index (χ2n) is 4.93. The number of aliphatic hydroxyl groups is 1. The first-order chi connectivity index (χ1) is 12.2. The maximum Gasteiger partial charge on any atom is 0.137 e. The lowest BCUT2D eigenvalue weighted by atomic mass is 10.2. The lowest BCUT2D eigenvalue weighted by molar-refractivity contribution is -0.00745. The number of methoxy groups -OCH3 is 2. The maximum absolute atomic E-state index is 8.53. The first-order valence-corrected chi connectivity index (χ1v) is 8.84.